The van der Waals surface area contributed by atoms with Crippen molar-refractivity contribution >= 4 is 11.6 Å². The predicted octanol–water partition coefficient (Wildman–Crippen LogP) is 1.42. The molecule has 3 N–H and O–H groups in total. The number of nitrogens with two attached hydrogens (primary N) is 1. The molecular formula is C11H21N5O2. The van der Waals surface area contributed by atoms with Crippen molar-refractivity contribution in [2.75, 3.05) is 11.9 Å². The third kappa shape index (κ3) is 2.45. The SMILES string of the molecule is Cc1nc([N+](=O)[O-])c(NC(C)(CN)C(C)C)n1C. The number of hydrogen-bond donors (Lipinski definition) is 2. The van der Waals surface area contributed by atoms with E-state index in [0.29, 0.717) is 18.2 Å². The molecule has 0 saturated carbocycles. The van der Waals surface area contributed by atoms with Crippen molar-refractivity contribution in [3.8, 4) is 0 Å². The van der Waals surface area contributed by atoms with Crippen LogP contribution in [0.3, 0.4) is 0 Å². The van der Waals surface area contributed by atoms with E-state index in [1.54, 1.807) is 18.5 Å². The Balaban J connectivity index is 3.21. The van der Waals surface area contributed by atoms with Crippen LogP contribution in [0.1, 0.15) is 26.6 Å². The third-order valence-corrected chi connectivity index (χ3v) is 3.58. The summed E-state index contributed by atoms with van der Waals surface area (Å²) in [6, 6.07) is 0. The third-order valence-electron chi connectivity index (χ3n) is 3.58. The van der Waals surface area contributed by atoms with Gasteiger partial charge in [0, 0.05) is 20.5 Å². The highest BCUT2D eigenvalue weighted by Gasteiger charge is 2.32. The van der Waals surface area contributed by atoms with E-state index < -0.39 is 10.5 Å². The van der Waals surface area contributed by atoms with Crippen molar-refractivity contribution in [2.45, 2.75) is 33.2 Å². The van der Waals surface area contributed by atoms with Crippen LogP contribution in [0, 0.1) is 23.0 Å². The lowest BCUT2D eigenvalue weighted by molar-refractivity contribution is -0.388. The van der Waals surface area contributed by atoms with Crippen LogP contribution in [0.15, 0.2) is 0 Å². The summed E-state index contributed by atoms with van der Waals surface area (Å²) in [5.41, 5.74) is 5.37. The van der Waals surface area contributed by atoms with Gasteiger partial charge in [0.25, 0.3) is 0 Å². The maximum absolute atomic E-state index is 11.0. The molecule has 0 fully saturated rings. The lowest BCUT2D eigenvalue weighted by Crippen LogP contribution is -2.47. The zero-order chi connectivity index (χ0) is 14.1. The Morgan fingerprint density at radius 3 is 2.56 bits per heavy atom. The van der Waals surface area contributed by atoms with Crippen molar-refractivity contribution in [2.24, 2.45) is 18.7 Å². The number of rotatable bonds is 5. The van der Waals surface area contributed by atoms with Crippen LogP contribution in [-0.4, -0.2) is 26.6 Å². The highest BCUT2D eigenvalue weighted by molar-refractivity contribution is 5.55. The van der Waals surface area contributed by atoms with Crippen LogP contribution in [-0.2, 0) is 7.05 Å². The van der Waals surface area contributed by atoms with Crippen molar-refractivity contribution in [1.82, 2.24) is 9.55 Å². The number of nitro groups is 1. The van der Waals surface area contributed by atoms with E-state index in [1.807, 2.05) is 20.8 Å². The molecule has 7 heteroatoms. The number of anilines is 1. The number of aryl methyl sites for hydroxylation is 1. The molecule has 0 aliphatic rings. The molecule has 0 aliphatic carbocycles. The first-order chi connectivity index (χ1) is 8.23. The molecule has 1 aromatic rings. The van der Waals surface area contributed by atoms with Gasteiger partial charge < -0.3 is 21.2 Å². The minimum absolute atomic E-state index is 0.157. The number of imidazole rings is 1. The van der Waals surface area contributed by atoms with Crippen LogP contribution >= 0.6 is 0 Å². The Labute approximate surface area is 107 Å². The fourth-order valence-electron chi connectivity index (χ4n) is 1.56. The van der Waals surface area contributed by atoms with Gasteiger partial charge in [-0.15, -0.1) is 0 Å². The van der Waals surface area contributed by atoms with Gasteiger partial charge in [0.15, 0.2) is 0 Å². The average molecular weight is 255 g/mol. The monoisotopic (exact) mass is 255 g/mol. The second kappa shape index (κ2) is 4.93. The van der Waals surface area contributed by atoms with Gasteiger partial charge in [-0.05, 0) is 22.7 Å². The first kappa shape index (κ1) is 14.4. The second-order valence-electron chi connectivity index (χ2n) is 5.05. The van der Waals surface area contributed by atoms with E-state index in [9.17, 15) is 10.1 Å². The normalized spacial score (nSPS) is 14.6. The predicted molar refractivity (Wildman–Crippen MR) is 70.5 cm³/mol. The van der Waals surface area contributed by atoms with Crippen LogP contribution in [0.25, 0.3) is 0 Å². The van der Waals surface area contributed by atoms with E-state index in [2.05, 4.69) is 10.3 Å². The van der Waals surface area contributed by atoms with Gasteiger partial charge in [0.1, 0.15) is 0 Å². The van der Waals surface area contributed by atoms with Gasteiger partial charge in [0.05, 0.1) is 5.54 Å². The summed E-state index contributed by atoms with van der Waals surface area (Å²) in [5.74, 6) is 1.07. The molecule has 0 spiro atoms. The molecule has 18 heavy (non-hydrogen) atoms. The summed E-state index contributed by atoms with van der Waals surface area (Å²) in [7, 11) is 1.74. The van der Waals surface area contributed by atoms with Gasteiger partial charge in [-0.1, -0.05) is 13.8 Å². The molecule has 1 unspecified atom stereocenters. The molecule has 0 saturated heterocycles. The maximum Gasteiger partial charge on any atom is 0.406 e. The molecule has 1 rings (SSSR count). The molecule has 102 valence electrons. The molecule has 0 amide bonds. The number of nitrogens with one attached hydrogen (secondary N) is 1. The molecule has 0 aliphatic heterocycles. The topological polar surface area (TPSA) is 99.0 Å². The molecule has 0 radical (unpaired) electrons. The van der Waals surface area contributed by atoms with Gasteiger partial charge >= 0.3 is 5.82 Å². The minimum atomic E-state index is -0.480. The highest BCUT2D eigenvalue weighted by Crippen LogP contribution is 2.29. The molecule has 0 bridgehead atoms. The Morgan fingerprint density at radius 1 is 1.61 bits per heavy atom. The highest BCUT2D eigenvalue weighted by atomic mass is 16.6. The van der Waals surface area contributed by atoms with Gasteiger partial charge in [-0.25, -0.2) is 0 Å². The first-order valence-corrected chi connectivity index (χ1v) is 5.89. The van der Waals surface area contributed by atoms with E-state index in [-0.39, 0.29) is 11.7 Å². The van der Waals surface area contributed by atoms with Crippen molar-refractivity contribution in [1.29, 1.82) is 0 Å². The quantitative estimate of drug-likeness (QED) is 0.612. The van der Waals surface area contributed by atoms with E-state index >= 15 is 0 Å². The Hall–Kier alpha value is -1.63. The lowest BCUT2D eigenvalue weighted by Gasteiger charge is -2.34. The number of nitrogens with zero attached hydrogens (tertiary/aromatic N) is 3. The summed E-state index contributed by atoms with van der Waals surface area (Å²) in [4.78, 5) is 14.5. The summed E-state index contributed by atoms with van der Waals surface area (Å²) in [6.45, 7) is 8.10. The van der Waals surface area contributed by atoms with Crippen LogP contribution in [0.4, 0.5) is 11.6 Å². The maximum atomic E-state index is 11.0. The molecule has 1 heterocycles. The summed E-state index contributed by atoms with van der Waals surface area (Å²) >= 11 is 0. The summed E-state index contributed by atoms with van der Waals surface area (Å²) in [5, 5.41) is 14.2. The summed E-state index contributed by atoms with van der Waals surface area (Å²) < 4.78 is 1.68. The molecule has 1 atom stereocenters. The minimum Gasteiger partial charge on any atom is -0.358 e. The van der Waals surface area contributed by atoms with Crippen molar-refractivity contribution in [3.05, 3.63) is 15.9 Å². The molecule has 0 aromatic carbocycles. The second-order valence-corrected chi connectivity index (χ2v) is 5.05. The van der Waals surface area contributed by atoms with Gasteiger partial charge in [0.2, 0.25) is 11.6 Å². The fraction of sp³-hybridized carbons (Fsp3) is 0.727. The number of hydrogen-bond acceptors (Lipinski definition) is 5. The largest absolute Gasteiger partial charge is 0.406 e. The first-order valence-electron chi connectivity index (χ1n) is 5.89. The average Bonchev–Trinajstić information content (AvgIpc) is 2.57. The smallest absolute Gasteiger partial charge is 0.358 e. The Kier molecular flexibility index (Phi) is 3.95. The lowest BCUT2D eigenvalue weighted by atomic mass is 9.88. The van der Waals surface area contributed by atoms with Gasteiger partial charge in [-0.2, -0.15) is 0 Å². The van der Waals surface area contributed by atoms with Crippen molar-refractivity contribution in [3.63, 3.8) is 0 Å². The zero-order valence-electron chi connectivity index (χ0n) is 11.5. The molecule has 7 nitrogen and oxygen atoms in total. The standard InChI is InChI=1S/C11H21N5O2/c1-7(2)11(4,6-12)14-10-9(16(17)18)13-8(3)15(10)5/h7,14H,6,12H2,1-5H3. The van der Waals surface area contributed by atoms with Gasteiger partial charge in [-0.3, -0.25) is 4.57 Å². The van der Waals surface area contributed by atoms with E-state index in [0.717, 1.165) is 0 Å². The van der Waals surface area contributed by atoms with Crippen LogP contribution in [0.2, 0.25) is 0 Å². The zero-order valence-corrected chi connectivity index (χ0v) is 11.5. The van der Waals surface area contributed by atoms with E-state index in [1.165, 1.54) is 0 Å². The Bertz CT molecular complexity index is 455. The molecule has 1 aromatic heterocycles. The van der Waals surface area contributed by atoms with E-state index in [4.69, 9.17) is 5.73 Å². The fourth-order valence-corrected chi connectivity index (χ4v) is 1.56. The van der Waals surface area contributed by atoms with Crippen molar-refractivity contribution < 1.29 is 4.92 Å². The molecular weight excluding hydrogens is 234 g/mol. The van der Waals surface area contributed by atoms with Crippen LogP contribution < -0.4 is 11.1 Å². The van der Waals surface area contributed by atoms with Crippen LogP contribution in [0.5, 0.6) is 0 Å². The Morgan fingerprint density at radius 2 is 2.17 bits per heavy atom. The summed E-state index contributed by atoms with van der Waals surface area (Å²) in [6.07, 6.45) is 0. The number of aromatic nitrogens is 2.